The molecule has 4 N–H and O–H groups in total. The van der Waals surface area contributed by atoms with E-state index < -0.39 is 144 Å². The Balaban J connectivity index is 0.877. The number of esters is 1. The van der Waals surface area contributed by atoms with Crippen LogP contribution in [0.3, 0.4) is 0 Å². The number of hydrogen-bond acceptors (Lipinski definition) is 19. The van der Waals surface area contributed by atoms with Crippen molar-refractivity contribution in [3.05, 3.63) is 23.3 Å². The predicted octanol–water partition coefficient (Wildman–Crippen LogP) is 5.12. The van der Waals surface area contributed by atoms with Crippen LogP contribution < -0.4 is 0 Å². The van der Waals surface area contributed by atoms with Crippen molar-refractivity contribution < 1.29 is 91.6 Å². The van der Waals surface area contributed by atoms with Crippen LogP contribution in [0.4, 0.5) is 0 Å². The van der Waals surface area contributed by atoms with E-state index in [0.717, 1.165) is 11.1 Å². The molecule has 4 heterocycles. The fourth-order valence-corrected chi connectivity index (χ4v) is 14.6. The molecular formula is C56H90O19. The van der Waals surface area contributed by atoms with Crippen molar-refractivity contribution in [3.8, 4) is 0 Å². The number of aliphatic hydroxyl groups excluding tert-OH is 1. The van der Waals surface area contributed by atoms with E-state index in [0.29, 0.717) is 44.9 Å². The fourth-order valence-electron chi connectivity index (χ4n) is 14.6. The van der Waals surface area contributed by atoms with E-state index in [1.54, 1.807) is 42.3 Å². The van der Waals surface area contributed by atoms with E-state index in [1.165, 1.54) is 13.0 Å². The molecular weight excluding hydrogens is 977 g/mol. The topological polar surface area (TPSA) is 235 Å². The quantitative estimate of drug-likeness (QED) is 0.0892. The molecule has 0 bridgehead atoms. The summed E-state index contributed by atoms with van der Waals surface area (Å²) in [5.74, 6) is -1.61. The highest BCUT2D eigenvalue weighted by atomic mass is 16.8. The van der Waals surface area contributed by atoms with Crippen molar-refractivity contribution in [2.45, 2.75) is 267 Å². The lowest BCUT2D eigenvalue weighted by atomic mass is 9.42. The van der Waals surface area contributed by atoms with Gasteiger partial charge >= 0.3 is 5.97 Å². The maximum absolute atomic E-state index is 13.6. The maximum atomic E-state index is 13.6. The normalized spacial score (nSPS) is 49.3. The Morgan fingerprint density at radius 3 is 1.60 bits per heavy atom. The van der Waals surface area contributed by atoms with Gasteiger partial charge in [-0.05, 0) is 105 Å². The molecule has 19 nitrogen and oxygen atoms in total. The monoisotopic (exact) mass is 1070 g/mol. The van der Waals surface area contributed by atoms with Crippen molar-refractivity contribution >= 4 is 11.8 Å². The Morgan fingerprint density at radius 2 is 1.13 bits per heavy atom. The number of ketones is 1. The summed E-state index contributed by atoms with van der Waals surface area (Å²) in [7, 11) is 6.49. The summed E-state index contributed by atoms with van der Waals surface area (Å²) in [5, 5.41) is 48.5. The Labute approximate surface area is 443 Å². The largest absolute Gasteiger partial charge is 0.458 e. The van der Waals surface area contributed by atoms with Crippen LogP contribution in [0.2, 0.25) is 0 Å². The molecule has 4 saturated heterocycles. The SMILES string of the molecule is COC1CC(OC2C(C)OC(OC3C(C)OC(OC4C(C)OC(O[C@H]5CC[C@@]6(C)C(=CC[C@]7(O)[C@@H]6C[C@@H](OC(=O)C=C(C)C(C)C)[C@@]6(C)[C@]7(O)CC[C@@]6(O)C(C)=O)C5)CC4OC)CC3OC)CC2OC)OC(C)C1O. The number of Topliss-reactive ketones (excluding diaryl/α,β-unsaturated/α-hetero) is 1. The lowest BCUT2D eigenvalue weighted by Crippen LogP contribution is -2.78. The zero-order valence-electron chi connectivity index (χ0n) is 46.9. The number of methoxy groups -OCH3 is 4. The Hall–Kier alpha value is -2.02. The fraction of sp³-hybridized carbons (Fsp3) is 0.893. The molecule has 428 valence electrons. The zero-order chi connectivity index (χ0) is 54.7. The van der Waals surface area contributed by atoms with Gasteiger partial charge in [0.2, 0.25) is 0 Å². The van der Waals surface area contributed by atoms with E-state index in [1.807, 2.05) is 47.6 Å². The highest BCUT2D eigenvalue weighted by molar-refractivity contribution is 5.87. The molecule has 8 aliphatic rings. The van der Waals surface area contributed by atoms with E-state index in [4.69, 9.17) is 61.6 Å². The Bertz CT molecular complexity index is 2070. The van der Waals surface area contributed by atoms with Gasteiger partial charge in [-0.1, -0.05) is 38.0 Å². The molecule has 16 unspecified atom stereocenters. The number of allylic oxidation sites excluding steroid dienone is 1. The highest BCUT2D eigenvalue weighted by Gasteiger charge is 2.81. The molecule has 0 aromatic carbocycles. The van der Waals surface area contributed by atoms with E-state index in [2.05, 4.69) is 6.92 Å². The smallest absolute Gasteiger partial charge is 0.330 e. The molecule has 75 heavy (non-hydrogen) atoms. The third kappa shape index (κ3) is 10.6. The number of ether oxygens (including phenoxy) is 13. The van der Waals surface area contributed by atoms with Gasteiger partial charge in [0, 0.05) is 66.1 Å². The summed E-state index contributed by atoms with van der Waals surface area (Å²) in [6.45, 7) is 18.4. The molecule has 7 fully saturated rings. The van der Waals surface area contributed by atoms with Gasteiger partial charge in [-0.3, -0.25) is 4.79 Å². The average molecular weight is 1070 g/mol. The molecule has 0 spiro atoms. The summed E-state index contributed by atoms with van der Waals surface area (Å²) in [6.07, 6.45) is -2.49. The molecule has 4 aliphatic carbocycles. The van der Waals surface area contributed by atoms with Gasteiger partial charge in [-0.2, -0.15) is 0 Å². The van der Waals surface area contributed by atoms with Crippen molar-refractivity contribution in [1.82, 2.24) is 0 Å². The molecule has 19 heteroatoms. The van der Waals surface area contributed by atoms with Crippen LogP contribution in [-0.2, 0) is 71.2 Å². The van der Waals surface area contributed by atoms with Gasteiger partial charge in [0.25, 0.3) is 0 Å². The summed E-state index contributed by atoms with van der Waals surface area (Å²) in [5.41, 5.74) is -6.10. The second-order valence-electron chi connectivity index (χ2n) is 23.9. The number of rotatable bonds is 16. The third-order valence-electron chi connectivity index (χ3n) is 19.6. The second kappa shape index (κ2) is 22.8. The minimum absolute atomic E-state index is 0.0344. The van der Waals surface area contributed by atoms with Gasteiger partial charge in [0.15, 0.2) is 30.9 Å². The van der Waals surface area contributed by atoms with Crippen molar-refractivity contribution in [2.24, 2.45) is 22.7 Å². The summed E-state index contributed by atoms with van der Waals surface area (Å²) < 4.78 is 81.6. The molecule has 0 aromatic heterocycles. The summed E-state index contributed by atoms with van der Waals surface area (Å²) in [4.78, 5) is 26.9. The van der Waals surface area contributed by atoms with Crippen LogP contribution in [0.25, 0.3) is 0 Å². The number of carbonyl (C=O) groups is 2. The van der Waals surface area contributed by atoms with Crippen LogP contribution in [-0.4, -0.2) is 188 Å². The van der Waals surface area contributed by atoms with Crippen molar-refractivity contribution in [2.75, 3.05) is 28.4 Å². The number of hydrogen-bond donors (Lipinski definition) is 4. The molecule has 0 aromatic rings. The van der Waals surface area contributed by atoms with Gasteiger partial charge in [0.05, 0.1) is 60.4 Å². The minimum atomic E-state index is -2.02. The van der Waals surface area contributed by atoms with Gasteiger partial charge < -0.3 is 82.0 Å². The maximum Gasteiger partial charge on any atom is 0.330 e. The molecule has 8 rings (SSSR count). The van der Waals surface area contributed by atoms with E-state index >= 15 is 0 Å². The van der Waals surface area contributed by atoms with Gasteiger partial charge in [-0.15, -0.1) is 0 Å². The Kier molecular flexibility index (Phi) is 18.0. The van der Waals surface area contributed by atoms with Gasteiger partial charge in [0.1, 0.15) is 47.3 Å². The molecule has 24 atom stereocenters. The first-order chi connectivity index (χ1) is 35.3. The van der Waals surface area contributed by atoms with Crippen LogP contribution in [0, 0.1) is 22.7 Å². The average Bonchev–Trinajstić information content (AvgIpc) is 3.59. The minimum Gasteiger partial charge on any atom is -0.458 e. The first-order valence-electron chi connectivity index (χ1n) is 27.6. The van der Waals surface area contributed by atoms with Crippen LogP contribution in [0.15, 0.2) is 23.3 Å². The molecule has 3 saturated carbocycles. The standard InChI is InChI=1S/C56H90O19/c1-28(2)29(3)21-43(58)72-42-27-41-52(9)17-16-36(22-35(52)15-18-55(41,61)56(62)20-19-54(60,34(8)57)53(42,56)10)71-44-24-38(64-12)49(31(5)68-44)74-46-26-40(66-14)51(33(7)70-46)75-47-25-39(65-13)50(32(6)69-47)73-45-23-37(63-11)48(59)30(4)67-45/h15,21,28,30-33,36-42,44-51,59-62H,16-20,22-27H2,1-14H3/t30?,31?,32?,33?,36-,37?,38?,39?,40?,41+,42+,44?,45?,46?,47?,48?,49?,50?,51?,52-,53+,54+,55-,56+/m0/s1. The van der Waals surface area contributed by atoms with Crippen molar-refractivity contribution in [1.29, 1.82) is 0 Å². The van der Waals surface area contributed by atoms with E-state index in [-0.39, 0.29) is 43.8 Å². The van der Waals surface area contributed by atoms with Crippen LogP contribution >= 0.6 is 0 Å². The highest BCUT2D eigenvalue weighted by Crippen LogP contribution is 2.71. The lowest BCUT2D eigenvalue weighted by Gasteiger charge is -2.67. The lowest BCUT2D eigenvalue weighted by molar-refractivity contribution is -0.347. The zero-order valence-corrected chi connectivity index (χ0v) is 46.9. The summed E-state index contributed by atoms with van der Waals surface area (Å²) >= 11 is 0. The first kappa shape index (κ1) is 59.1. The molecule has 0 amide bonds. The Morgan fingerprint density at radius 1 is 0.667 bits per heavy atom. The van der Waals surface area contributed by atoms with Gasteiger partial charge in [-0.25, -0.2) is 4.79 Å². The predicted molar refractivity (Wildman–Crippen MR) is 269 cm³/mol. The number of fused-ring (bicyclic) bond motifs is 5. The molecule has 0 radical (unpaired) electrons. The second-order valence-corrected chi connectivity index (χ2v) is 23.9. The van der Waals surface area contributed by atoms with Crippen molar-refractivity contribution in [3.63, 3.8) is 0 Å². The molecule has 4 aliphatic heterocycles. The first-order valence-corrected chi connectivity index (χ1v) is 27.6. The number of carbonyl (C=O) groups excluding carboxylic acids is 2. The van der Waals surface area contributed by atoms with E-state index in [9.17, 15) is 30.0 Å². The summed E-state index contributed by atoms with van der Waals surface area (Å²) in [6, 6.07) is 0. The number of aliphatic hydroxyl groups is 4. The van der Waals surface area contributed by atoms with Crippen LogP contribution in [0.5, 0.6) is 0 Å². The third-order valence-corrected chi connectivity index (χ3v) is 19.6. The van der Waals surface area contributed by atoms with Crippen LogP contribution in [0.1, 0.15) is 140 Å².